The van der Waals surface area contributed by atoms with Gasteiger partial charge in [0.15, 0.2) is 6.04 Å². The van der Waals surface area contributed by atoms with Gasteiger partial charge in [0.25, 0.3) is 0 Å². The first kappa shape index (κ1) is 21.2. The quantitative estimate of drug-likeness (QED) is 0.525. The monoisotopic (exact) mass is 428 g/mol. The van der Waals surface area contributed by atoms with Crippen LogP contribution in [0.4, 0.5) is 4.39 Å². The molecule has 0 unspecified atom stereocenters. The number of aromatic nitrogens is 4. The van der Waals surface area contributed by atoms with Crippen LogP contribution in [0.3, 0.4) is 0 Å². The number of tetrazole rings is 1. The van der Waals surface area contributed by atoms with Gasteiger partial charge < -0.3 is 19.3 Å². The van der Waals surface area contributed by atoms with E-state index in [1.807, 2.05) is 18.2 Å². The van der Waals surface area contributed by atoms with Crippen LogP contribution in [0, 0.1) is 5.82 Å². The second-order valence-electron chi connectivity index (χ2n) is 7.98. The summed E-state index contributed by atoms with van der Waals surface area (Å²) in [4.78, 5) is 2.90. The number of benzene rings is 2. The Balaban J connectivity index is 1.76. The van der Waals surface area contributed by atoms with Crippen LogP contribution in [0.5, 0.6) is 11.5 Å². The predicted molar refractivity (Wildman–Crippen MR) is 112 cm³/mol. The topological polar surface area (TPSA) is 70.9 Å². The average molecular weight is 429 g/mol. The number of hydrogen-bond acceptors (Lipinski definition) is 5. The highest BCUT2D eigenvalue weighted by Crippen LogP contribution is 2.31. The number of hydrogen-bond donors (Lipinski definition) is 2. The van der Waals surface area contributed by atoms with Gasteiger partial charge in [0.05, 0.1) is 33.4 Å². The maximum absolute atomic E-state index is 13.3. The highest BCUT2D eigenvalue weighted by molar-refractivity contribution is 5.43. The zero-order valence-electron chi connectivity index (χ0n) is 18.1. The lowest BCUT2D eigenvalue weighted by molar-refractivity contribution is -1.02. The van der Waals surface area contributed by atoms with Crippen molar-refractivity contribution in [1.82, 2.24) is 20.2 Å². The minimum absolute atomic E-state index is 0.117. The van der Waals surface area contributed by atoms with Crippen LogP contribution in [-0.2, 0) is 6.54 Å². The Morgan fingerprint density at radius 1 is 1.03 bits per heavy atom. The molecule has 1 saturated heterocycles. The molecule has 0 aliphatic carbocycles. The highest BCUT2D eigenvalue weighted by atomic mass is 19.1. The van der Waals surface area contributed by atoms with E-state index in [1.165, 1.54) is 21.9 Å². The summed E-state index contributed by atoms with van der Waals surface area (Å²) in [5, 5.41) is 12.7. The average Bonchev–Trinajstić information content (AvgIpc) is 3.24. The van der Waals surface area contributed by atoms with Gasteiger partial charge in [-0.2, -0.15) is 0 Å². The normalized spacial score (nSPS) is 19.7. The van der Waals surface area contributed by atoms with E-state index in [9.17, 15) is 4.39 Å². The molecule has 1 atom stereocenters. The first-order valence-electron chi connectivity index (χ1n) is 10.5. The molecule has 2 N–H and O–H groups in total. The van der Waals surface area contributed by atoms with Crippen molar-refractivity contribution >= 4 is 0 Å². The molecule has 0 spiro atoms. The fourth-order valence-corrected chi connectivity index (χ4v) is 4.19. The first-order valence-corrected chi connectivity index (χ1v) is 10.5. The fraction of sp³-hybridized carbons (Fsp3) is 0.409. The molecule has 0 radical (unpaired) electrons. The van der Waals surface area contributed by atoms with Crippen molar-refractivity contribution in [2.45, 2.75) is 12.6 Å². The highest BCUT2D eigenvalue weighted by Gasteiger charge is 2.37. The van der Waals surface area contributed by atoms with Gasteiger partial charge in [-0.15, -0.1) is 5.10 Å². The van der Waals surface area contributed by atoms with Crippen molar-refractivity contribution in [1.29, 1.82) is 0 Å². The first-order chi connectivity index (χ1) is 15.1. The van der Waals surface area contributed by atoms with E-state index < -0.39 is 0 Å². The summed E-state index contributed by atoms with van der Waals surface area (Å²) in [6.07, 6.45) is 0. The van der Waals surface area contributed by atoms with E-state index in [-0.39, 0.29) is 11.9 Å². The standard InChI is InChI=1S/C22H27FN6O2/c1-27-10-12-28(13-11-27)21(19-14-18(30-2)8-9-20(19)31-3)22-24-25-26-29(22)15-16-4-6-17(23)7-5-16/h4-9,14,21H,10-13,15H2,1-3H3/p+2/t21-/m1/s1. The molecule has 4 rings (SSSR count). The number of methoxy groups -OCH3 is 2. The lowest BCUT2D eigenvalue weighted by atomic mass is 10.0. The number of likely N-dealkylation sites (N-methyl/N-ethyl adjacent to an activating group) is 1. The smallest absolute Gasteiger partial charge is 0.214 e. The van der Waals surface area contributed by atoms with Crippen LogP contribution in [-0.4, -0.2) is 67.7 Å². The zero-order chi connectivity index (χ0) is 21.8. The van der Waals surface area contributed by atoms with Gasteiger partial charge >= 0.3 is 0 Å². The molecule has 1 aromatic heterocycles. The van der Waals surface area contributed by atoms with Crippen molar-refractivity contribution in [3.63, 3.8) is 0 Å². The van der Waals surface area contributed by atoms with Gasteiger partial charge in [0.1, 0.15) is 43.5 Å². The molecule has 8 nitrogen and oxygen atoms in total. The number of ether oxygens (including phenoxy) is 2. The molecule has 0 amide bonds. The second-order valence-corrected chi connectivity index (χ2v) is 7.98. The Bertz CT molecular complexity index is 1000. The summed E-state index contributed by atoms with van der Waals surface area (Å²) in [5.74, 6) is 2.04. The Labute approximate surface area is 181 Å². The maximum atomic E-state index is 13.3. The minimum Gasteiger partial charge on any atom is -0.497 e. The molecule has 9 heteroatoms. The SMILES string of the molecule is COc1ccc(OC)c([C@H](c2nnnn2Cc2ccc(F)cc2)[NH+]2CC[NH+](C)CC2)c1. The maximum Gasteiger partial charge on any atom is 0.214 e. The van der Waals surface area contributed by atoms with E-state index in [1.54, 1.807) is 31.0 Å². The Morgan fingerprint density at radius 2 is 1.77 bits per heavy atom. The number of halogens is 1. The summed E-state index contributed by atoms with van der Waals surface area (Å²) < 4.78 is 26.4. The molecule has 0 bridgehead atoms. The van der Waals surface area contributed by atoms with E-state index in [2.05, 4.69) is 22.6 Å². The number of nitrogens with one attached hydrogen (secondary N) is 2. The summed E-state index contributed by atoms with van der Waals surface area (Å²) in [6.45, 7) is 4.57. The van der Waals surface area contributed by atoms with E-state index >= 15 is 0 Å². The van der Waals surface area contributed by atoms with Gasteiger partial charge in [-0.1, -0.05) is 12.1 Å². The number of rotatable bonds is 7. The molecular formula is C22H29FN6O2+2. The third kappa shape index (κ3) is 4.67. The van der Waals surface area contributed by atoms with Gasteiger partial charge in [-0.3, -0.25) is 0 Å². The summed E-state index contributed by atoms with van der Waals surface area (Å²) >= 11 is 0. The fourth-order valence-electron chi connectivity index (χ4n) is 4.19. The second kappa shape index (κ2) is 9.40. The third-order valence-electron chi connectivity index (χ3n) is 5.97. The van der Waals surface area contributed by atoms with Gasteiger partial charge in [-0.25, -0.2) is 9.07 Å². The van der Waals surface area contributed by atoms with E-state index in [0.717, 1.165) is 54.6 Å². The molecule has 164 valence electrons. The summed E-state index contributed by atoms with van der Waals surface area (Å²) in [7, 11) is 5.55. The molecule has 1 aliphatic rings. The number of nitrogens with zero attached hydrogens (tertiary/aromatic N) is 4. The Hall–Kier alpha value is -3.04. The van der Waals surface area contributed by atoms with Crippen LogP contribution >= 0.6 is 0 Å². The van der Waals surface area contributed by atoms with Gasteiger partial charge in [0.2, 0.25) is 5.82 Å². The summed E-state index contributed by atoms with van der Waals surface area (Å²) in [5.41, 5.74) is 1.93. The third-order valence-corrected chi connectivity index (χ3v) is 5.97. The lowest BCUT2D eigenvalue weighted by Crippen LogP contribution is -3.27. The van der Waals surface area contributed by atoms with Crippen molar-refractivity contribution in [3.8, 4) is 11.5 Å². The van der Waals surface area contributed by atoms with Gasteiger partial charge in [-0.05, 0) is 46.3 Å². The predicted octanol–water partition coefficient (Wildman–Crippen LogP) is -0.620. The minimum atomic E-state index is -0.260. The Kier molecular flexibility index (Phi) is 6.43. The molecular weight excluding hydrogens is 399 g/mol. The van der Waals surface area contributed by atoms with Crippen LogP contribution < -0.4 is 19.3 Å². The van der Waals surface area contributed by atoms with Crippen molar-refractivity contribution in [3.05, 3.63) is 65.2 Å². The molecule has 31 heavy (non-hydrogen) atoms. The summed E-state index contributed by atoms with van der Waals surface area (Å²) in [6, 6.07) is 12.1. The van der Waals surface area contributed by atoms with Gasteiger partial charge in [0, 0.05) is 0 Å². The van der Waals surface area contributed by atoms with Crippen LogP contribution in [0.15, 0.2) is 42.5 Å². The Morgan fingerprint density at radius 3 is 2.45 bits per heavy atom. The molecule has 1 fully saturated rings. The molecule has 3 aromatic rings. The number of quaternary nitrogens is 2. The molecule has 2 aromatic carbocycles. The lowest BCUT2D eigenvalue weighted by Gasteiger charge is -2.33. The zero-order valence-corrected chi connectivity index (χ0v) is 18.1. The van der Waals surface area contributed by atoms with Crippen LogP contribution in [0.25, 0.3) is 0 Å². The number of piperazine rings is 1. The van der Waals surface area contributed by atoms with Crippen molar-refractivity contribution < 1.29 is 23.7 Å². The molecule has 1 aliphatic heterocycles. The van der Waals surface area contributed by atoms with Crippen LogP contribution in [0.1, 0.15) is 23.0 Å². The van der Waals surface area contributed by atoms with E-state index in [0.29, 0.717) is 6.54 Å². The molecule has 0 saturated carbocycles. The van der Waals surface area contributed by atoms with Crippen molar-refractivity contribution in [2.75, 3.05) is 47.4 Å². The van der Waals surface area contributed by atoms with Crippen molar-refractivity contribution in [2.24, 2.45) is 0 Å². The molecule has 2 heterocycles. The van der Waals surface area contributed by atoms with E-state index in [4.69, 9.17) is 9.47 Å². The van der Waals surface area contributed by atoms with Crippen LogP contribution in [0.2, 0.25) is 0 Å². The largest absolute Gasteiger partial charge is 0.497 e.